The third-order valence-corrected chi connectivity index (χ3v) is 6.65. The summed E-state index contributed by atoms with van der Waals surface area (Å²) in [6.07, 6.45) is 2.23. The lowest BCUT2D eigenvalue weighted by Gasteiger charge is -2.45. The zero-order chi connectivity index (χ0) is 17.3. The fourth-order valence-corrected chi connectivity index (χ4v) is 5.39. The molecule has 25 heavy (non-hydrogen) atoms. The number of hydrogen-bond donors (Lipinski definition) is 0. The predicted octanol–water partition coefficient (Wildman–Crippen LogP) is 2.16. The number of benzene rings is 1. The molecule has 0 unspecified atom stereocenters. The van der Waals surface area contributed by atoms with Crippen molar-refractivity contribution < 1.29 is 14.3 Å². The Hall–Kier alpha value is -1.53. The monoisotopic (exact) mass is 360 g/mol. The highest BCUT2D eigenvalue weighted by molar-refractivity contribution is 7.99. The van der Waals surface area contributed by atoms with E-state index in [9.17, 15) is 9.59 Å². The predicted molar refractivity (Wildman–Crippen MR) is 97.6 cm³/mol. The number of nitrogens with zero attached hydrogens (tertiary/aromatic N) is 2. The van der Waals surface area contributed by atoms with Gasteiger partial charge in [0.15, 0.2) is 0 Å². The van der Waals surface area contributed by atoms with Crippen molar-refractivity contribution in [3.63, 3.8) is 0 Å². The van der Waals surface area contributed by atoms with Crippen molar-refractivity contribution in [3.05, 3.63) is 35.4 Å². The molecular weight excluding hydrogens is 336 g/mol. The van der Waals surface area contributed by atoms with Crippen molar-refractivity contribution in [2.24, 2.45) is 0 Å². The fourth-order valence-electron chi connectivity index (χ4n) is 4.14. The Morgan fingerprint density at radius 3 is 2.60 bits per heavy atom. The van der Waals surface area contributed by atoms with E-state index >= 15 is 0 Å². The summed E-state index contributed by atoms with van der Waals surface area (Å²) in [6.45, 7) is 3.19. The molecule has 0 atom stereocenters. The third kappa shape index (κ3) is 3.17. The summed E-state index contributed by atoms with van der Waals surface area (Å²) in [6, 6.07) is 7.84. The molecule has 4 rings (SSSR count). The summed E-state index contributed by atoms with van der Waals surface area (Å²) in [5.41, 5.74) is 1.55. The van der Waals surface area contributed by atoms with Crippen molar-refractivity contribution in [2.45, 2.75) is 31.3 Å². The van der Waals surface area contributed by atoms with Gasteiger partial charge in [-0.05, 0) is 36.0 Å². The molecular formula is C19H24N2O3S. The van der Waals surface area contributed by atoms with Crippen molar-refractivity contribution in [1.82, 2.24) is 9.80 Å². The molecule has 0 aromatic heterocycles. The molecule has 3 aliphatic heterocycles. The second kappa shape index (κ2) is 7.00. The molecule has 2 fully saturated rings. The number of carbonyl (C=O) groups is 2. The molecule has 2 amide bonds. The van der Waals surface area contributed by atoms with Crippen molar-refractivity contribution >= 4 is 23.6 Å². The van der Waals surface area contributed by atoms with E-state index in [1.807, 2.05) is 45.8 Å². The van der Waals surface area contributed by atoms with Gasteiger partial charge in [-0.3, -0.25) is 9.59 Å². The molecule has 0 bridgehead atoms. The first-order valence-electron chi connectivity index (χ1n) is 9.03. The highest BCUT2D eigenvalue weighted by Crippen LogP contribution is 2.40. The SMILES string of the molecule is O=C(CC1(N2Cc3ccccc3C2=O)CCSCC1)N1CCOCC1. The number of carbonyl (C=O) groups excluding carboxylic acids is 2. The zero-order valence-corrected chi connectivity index (χ0v) is 15.2. The molecule has 0 aliphatic carbocycles. The first kappa shape index (κ1) is 16.9. The van der Waals surface area contributed by atoms with Crippen molar-refractivity contribution in [2.75, 3.05) is 37.8 Å². The minimum absolute atomic E-state index is 0.0947. The van der Waals surface area contributed by atoms with E-state index in [0.29, 0.717) is 39.3 Å². The average Bonchev–Trinajstić information content (AvgIpc) is 3.01. The van der Waals surface area contributed by atoms with Gasteiger partial charge in [-0.2, -0.15) is 11.8 Å². The van der Waals surface area contributed by atoms with Gasteiger partial charge in [0.05, 0.1) is 25.2 Å². The maximum atomic E-state index is 13.0. The van der Waals surface area contributed by atoms with E-state index in [1.54, 1.807) is 0 Å². The van der Waals surface area contributed by atoms with Gasteiger partial charge < -0.3 is 14.5 Å². The maximum Gasteiger partial charge on any atom is 0.254 e. The Balaban J connectivity index is 1.57. The van der Waals surface area contributed by atoms with Gasteiger partial charge in [-0.15, -0.1) is 0 Å². The second-order valence-electron chi connectivity index (χ2n) is 7.06. The van der Waals surface area contributed by atoms with E-state index in [-0.39, 0.29) is 17.4 Å². The quantitative estimate of drug-likeness (QED) is 0.829. The van der Waals surface area contributed by atoms with Crippen molar-refractivity contribution in [3.8, 4) is 0 Å². The molecule has 0 saturated carbocycles. The van der Waals surface area contributed by atoms with Crippen LogP contribution in [0.4, 0.5) is 0 Å². The fraction of sp³-hybridized carbons (Fsp3) is 0.579. The second-order valence-corrected chi connectivity index (χ2v) is 8.28. The Morgan fingerprint density at radius 2 is 1.88 bits per heavy atom. The maximum absolute atomic E-state index is 13.0. The van der Waals surface area contributed by atoms with Crippen LogP contribution in [0.25, 0.3) is 0 Å². The van der Waals surface area contributed by atoms with E-state index in [2.05, 4.69) is 0 Å². The Morgan fingerprint density at radius 1 is 1.16 bits per heavy atom. The Labute approximate surface area is 152 Å². The van der Waals surface area contributed by atoms with Gasteiger partial charge in [0.1, 0.15) is 0 Å². The third-order valence-electron chi connectivity index (χ3n) is 5.66. The number of fused-ring (bicyclic) bond motifs is 1. The highest BCUT2D eigenvalue weighted by Gasteiger charge is 2.46. The lowest BCUT2D eigenvalue weighted by Crippen LogP contribution is -2.54. The van der Waals surface area contributed by atoms with E-state index in [1.165, 1.54) is 0 Å². The number of thioether (sulfide) groups is 1. The average molecular weight is 360 g/mol. The summed E-state index contributed by atoms with van der Waals surface area (Å²) < 4.78 is 5.36. The molecule has 2 saturated heterocycles. The highest BCUT2D eigenvalue weighted by atomic mass is 32.2. The minimum atomic E-state index is -0.337. The van der Waals surface area contributed by atoms with Gasteiger partial charge >= 0.3 is 0 Å². The van der Waals surface area contributed by atoms with Crippen LogP contribution in [0.1, 0.15) is 35.2 Å². The van der Waals surface area contributed by atoms with Crippen LogP contribution < -0.4 is 0 Å². The first-order chi connectivity index (χ1) is 12.2. The van der Waals surface area contributed by atoms with Crippen LogP contribution in [0.5, 0.6) is 0 Å². The van der Waals surface area contributed by atoms with Crippen LogP contribution in [0.3, 0.4) is 0 Å². The van der Waals surface area contributed by atoms with Crippen LogP contribution in [-0.2, 0) is 16.1 Å². The molecule has 0 spiro atoms. The van der Waals surface area contributed by atoms with Gasteiger partial charge in [0, 0.05) is 25.2 Å². The summed E-state index contributed by atoms with van der Waals surface area (Å²) in [5.74, 6) is 2.28. The number of morpholine rings is 1. The van der Waals surface area contributed by atoms with Gasteiger partial charge in [-0.25, -0.2) is 0 Å². The van der Waals surface area contributed by atoms with Crippen LogP contribution in [-0.4, -0.2) is 65.0 Å². The molecule has 5 nitrogen and oxygen atoms in total. The largest absolute Gasteiger partial charge is 0.378 e. The van der Waals surface area contributed by atoms with E-state index < -0.39 is 0 Å². The van der Waals surface area contributed by atoms with Crippen LogP contribution >= 0.6 is 11.8 Å². The zero-order valence-electron chi connectivity index (χ0n) is 14.4. The van der Waals surface area contributed by atoms with E-state index in [0.717, 1.165) is 35.5 Å². The molecule has 3 heterocycles. The normalized spacial score (nSPS) is 22.8. The van der Waals surface area contributed by atoms with E-state index in [4.69, 9.17) is 4.74 Å². The smallest absolute Gasteiger partial charge is 0.254 e. The van der Waals surface area contributed by atoms with Gasteiger partial charge in [0.25, 0.3) is 5.91 Å². The topological polar surface area (TPSA) is 49.9 Å². The summed E-state index contributed by atoms with van der Waals surface area (Å²) in [5, 5.41) is 0. The molecule has 1 aromatic carbocycles. The van der Waals surface area contributed by atoms with Gasteiger partial charge in [-0.1, -0.05) is 18.2 Å². The summed E-state index contributed by atoms with van der Waals surface area (Å²) in [7, 11) is 0. The molecule has 0 N–H and O–H groups in total. The number of ether oxygens (including phenoxy) is 1. The molecule has 3 aliphatic rings. The number of amides is 2. The number of hydrogen-bond acceptors (Lipinski definition) is 4. The Bertz CT molecular complexity index is 666. The summed E-state index contributed by atoms with van der Waals surface area (Å²) >= 11 is 1.92. The standard InChI is InChI=1S/C19H24N2O3S/c22-17(20-7-9-24-10-8-20)13-19(5-11-25-12-6-19)21-14-15-3-1-2-4-16(15)18(21)23/h1-4H,5-14H2. The van der Waals surface area contributed by atoms with Crippen molar-refractivity contribution in [1.29, 1.82) is 0 Å². The molecule has 1 aromatic rings. The molecule has 0 radical (unpaired) electrons. The number of rotatable bonds is 3. The van der Waals surface area contributed by atoms with Crippen LogP contribution in [0, 0.1) is 0 Å². The van der Waals surface area contributed by atoms with Gasteiger partial charge in [0.2, 0.25) is 5.91 Å². The summed E-state index contributed by atoms with van der Waals surface area (Å²) in [4.78, 5) is 29.9. The molecule has 6 heteroatoms. The Kier molecular flexibility index (Phi) is 4.73. The van der Waals surface area contributed by atoms with Crippen LogP contribution in [0.15, 0.2) is 24.3 Å². The minimum Gasteiger partial charge on any atom is -0.378 e. The molecule has 134 valence electrons. The lowest BCUT2D eigenvalue weighted by molar-refractivity contribution is -0.138. The first-order valence-corrected chi connectivity index (χ1v) is 10.2. The lowest BCUT2D eigenvalue weighted by atomic mass is 9.85. The van der Waals surface area contributed by atoms with Crippen LogP contribution in [0.2, 0.25) is 0 Å².